The van der Waals surface area contributed by atoms with Crippen molar-refractivity contribution in [3.8, 4) is 0 Å². The van der Waals surface area contributed by atoms with E-state index in [1.54, 1.807) is 38.1 Å². The van der Waals surface area contributed by atoms with E-state index in [-0.39, 0.29) is 11.8 Å². The zero-order valence-electron chi connectivity index (χ0n) is 12.2. The third-order valence-corrected chi connectivity index (χ3v) is 3.14. The lowest BCUT2D eigenvalue weighted by Crippen LogP contribution is -2.09. The Morgan fingerprint density at radius 3 is 2.71 bits per heavy atom. The summed E-state index contributed by atoms with van der Waals surface area (Å²) >= 11 is 0. The van der Waals surface area contributed by atoms with Gasteiger partial charge in [-0.25, -0.2) is 9.18 Å². The van der Waals surface area contributed by atoms with Gasteiger partial charge in [-0.3, -0.25) is 0 Å². The summed E-state index contributed by atoms with van der Waals surface area (Å²) in [4.78, 5) is 11.9. The standard InChI is InChI=1S/C17H18FNO2/c1-3-21-17(20)14-6-4-5-7-16(14)19-11-13-9-8-12(2)15(18)10-13/h4-10,19H,3,11H2,1-2H3. The van der Waals surface area contributed by atoms with Gasteiger partial charge < -0.3 is 10.1 Å². The fraction of sp³-hybridized carbons (Fsp3) is 0.235. The van der Waals surface area contributed by atoms with Gasteiger partial charge in [0.25, 0.3) is 0 Å². The van der Waals surface area contributed by atoms with Gasteiger partial charge in [0, 0.05) is 12.2 Å². The molecule has 0 heterocycles. The van der Waals surface area contributed by atoms with Crippen molar-refractivity contribution in [2.24, 2.45) is 0 Å². The number of para-hydroxylation sites is 1. The number of anilines is 1. The first-order valence-electron chi connectivity index (χ1n) is 6.87. The van der Waals surface area contributed by atoms with E-state index in [0.29, 0.717) is 30.0 Å². The fourth-order valence-electron chi connectivity index (χ4n) is 1.97. The van der Waals surface area contributed by atoms with Crippen molar-refractivity contribution in [3.63, 3.8) is 0 Å². The molecule has 21 heavy (non-hydrogen) atoms. The molecule has 2 aromatic carbocycles. The monoisotopic (exact) mass is 287 g/mol. The van der Waals surface area contributed by atoms with Crippen molar-refractivity contribution in [2.45, 2.75) is 20.4 Å². The van der Waals surface area contributed by atoms with E-state index in [0.717, 1.165) is 5.56 Å². The normalized spacial score (nSPS) is 10.2. The molecule has 0 unspecified atom stereocenters. The second-order valence-electron chi connectivity index (χ2n) is 4.70. The van der Waals surface area contributed by atoms with E-state index in [2.05, 4.69) is 5.32 Å². The van der Waals surface area contributed by atoms with Crippen molar-refractivity contribution in [1.29, 1.82) is 0 Å². The first-order chi connectivity index (χ1) is 10.1. The highest BCUT2D eigenvalue weighted by Crippen LogP contribution is 2.18. The van der Waals surface area contributed by atoms with Crippen molar-refractivity contribution in [2.75, 3.05) is 11.9 Å². The van der Waals surface area contributed by atoms with Crippen LogP contribution in [0.4, 0.5) is 10.1 Å². The molecule has 3 nitrogen and oxygen atoms in total. The number of carbonyl (C=O) groups is 1. The first-order valence-corrected chi connectivity index (χ1v) is 6.87. The predicted octanol–water partition coefficient (Wildman–Crippen LogP) is 3.92. The van der Waals surface area contributed by atoms with E-state index < -0.39 is 0 Å². The van der Waals surface area contributed by atoms with Crippen LogP contribution in [0.1, 0.15) is 28.4 Å². The number of aryl methyl sites for hydroxylation is 1. The van der Waals surface area contributed by atoms with Crippen LogP contribution in [0, 0.1) is 12.7 Å². The number of esters is 1. The Bertz CT molecular complexity index is 640. The van der Waals surface area contributed by atoms with Gasteiger partial charge in [0.2, 0.25) is 0 Å². The maximum Gasteiger partial charge on any atom is 0.340 e. The maximum absolute atomic E-state index is 13.5. The van der Waals surface area contributed by atoms with Gasteiger partial charge in [0.05, 0.1) is 12.2 Å². The minimum Gasteiger partial charge on any atom is -0.462 e. The van der Waals surface area contributed by atoms with Crippen LogP contribution in [0.5, 0.6) is 0 Å². The molecule has 0 aliphatic heterocycles. The van der Waals surface area contributed by atoms with Gasteiger partial charge in [-0.15, -0.1) is 0 Å². The molecule has 2 rings (SSSR count). The third kappa shape index (κ3) is 3.81. The summed E-state index contributed by atoms with van der Waals surface area (Å²) in [6.07, 6.45) is 0. The Balaban J connectivity index is 2.12. The molecule has 0 saturated carbocycles. The minimum absolute atomic E-state index is 0.229. The molecule has 0 bridgehead atoms. The van der Waals surface area contributed by atoms with Gasteiger partial charge in [-0.2, -0.15) is 0 Å². The van der Waals surface area contributed by atoms with Crippen LogP contribution < -0.4 is 5.32 Å². The highest BCUT2D eigenvalue weighted by molar-refractivity contribution is 5.95. The van der Waals surface area contributed by atoms with Crippen molar-refractivity contribution < 1.29 is 13.9 Å². The topological polar surface area (TPSA) is 38.3 Å². The Hall–Kier alpha value is -2.36. The zero-order chi connectivity index (χ0) is 15.2. The number of ether oxygens (including phenoxy) is 1. The van der Waals surface area contributed by atoms with E-state index in [9.17, 15) is 9.18 Å². The molecule has 0 aromatic heterocycles. The number of rotatable bonds is 5. The van der Waals surface area contributed by atoms with Crippen LogP contribution in [0.25, 0.3) is 0 Å². The summed E-state index contributed by atoms with van der Waals surface area (Å²) in [5.41, 5.74) is 2.59. The van der Waals surface area contributed by atoms with Crippen molar-refractivity contribution >= 4 is 11.7 Å². The molecule has 110 valence electrons. The minimum atomic E-state index is -0.365. The van der Waals surface area contributed by atoms with Gasteiger partial charge in [-0.1, -0.05) is 24.3 Å². The van der Waals surface area contributed by atoms with Crippen LogP contribution in [0.15, 0.2) is 42.5 Å². The van der Waals surface area contributed by atoms with E-state index in [4.69, 9.17) is 4.74 Å². The van der Waals surface area contributed by atoms with Crippen LogP contribution in [0.3, 0.4) is 0 Å². The second-order valence-corrected chi connectivity index (χ2v) is 4.70. The maximum atomic E-state index is 13.5. The molecule has 0 radical (unpaired) electrons. The summed E-state index contributed by atoms with van der Waals surface area (Å²) in [6, 6.07) is 12.2. The van der Waals surface area contributed by atoms with Gasteiger partial charge in [-0.05, 0) is 43.2 Å². The summed E-state index contributed by atoms with van der Waals surface area (Å²) < 4.78 is 18.5. The van der Waals surface area contributed by atoms with Crippen molar-refractivity contribution in [3.05, 3.63) is 65.0 Å². The second kappa shape index (κ2) is 6.88. The van der Waals surface area contributed by atoms with Gasteiger partial charge in [0.1, 0.15) is 5.82 Å². The molecule has 0 amide bonds. The van der Waals surface area contributed by atoms with E-state index in [1.807, 2.05) is 12.1 Å². The molecule has 2 aromatic rings. The fourth-order valence-corrected chi connectivity index (χ4v) is 1.97. The number of benzene rings is 2. The molecule has 4 heteroatoms. The molecular formula is C17H18FNO2. The average molecular weight is 287 g/mol. The first kappa shape index (κ1) is 15.0. The number of hydrogen-bond acceptors (Lipinski definition) is 3. The molecule has 0 saturated heterocycles. The summed E-state index contributed by atoms with van der Waals surface area (Å²) in [5.74, 6) is -0.594. The average Bonchev–Trinajstić information content (AvgIpc) is 2.49. The summed E-state index contributed by atoms with van der Waals surface area (Å²) in [7, 11) is 0. The van der Waals surface area contributed by atoms with Gasteiger partial charge >= 0.3 is 5.97 Å². The Morgan fingerprint density at radius 1 is 1.24 bits per heavy atom. The largest absolute Gasteiger partial charge is 0.462 e. The Morgan fingerprint density at radius 2 is 2.00 bits per heavy atom. The lowest BCUT2D eigenvalue weighted by atomic mass is 10.1. The molecule has 0 aliphatic carbocycles. The highest BCUT2D eigenvalue weighted by Gasteiger charge is 2.11. The lowest BCUT2D eigenvalue weighted by Gasteiger charge is -2.11. The zero-order valence-corrected chi connectivity index (χ0v) is 12.2. The molecule has 0 fully saturated rings. The highest BCUT2D eigenvalue weighted by atomic mass is 19.1. The number of carbonyl (C=O) groups excluding carboxylic acids is 1. The molecular weight excluding hydrogens is 269 g/mol. The molecule has 1 N–H and O–H groups in total. The van der Waals surface area contributed by atoms with Crippen LogP contribution in [0.2, 0.25) is 0 Å². The Labute approximate surface area is 123 Å². The molecule has 0 aliphatic rings. The van der Waals surface area contributed by atoms with E-state index >= 15 is 0 Å². The smallest absolute Gasteiger partial charge is 0.340 e. The number of hydrogen-bond donors (Lipinski definition) is 1. The van der Waals surface area contributed by atoms with Crippen LogP contribution in [-0.2, 0) is 11.3 Å². The molecule has 0 spiro atoms. The quantitative estimate of drug-likeness (QED) is 0.847. The summed E-state index contributed by atoms with van der Waals surface area (Å²) in [6.45, 7) is 4.26. The Kier molecular flexibility index (Phi) is 4.93. The van der Waals surface area contributed by atoms with Gasteiger partial charge in [0.15, 0.2) is 0 Å². The number of halogens is 1. The molecule has 0 atom stereocenters. The third-order valence-electron chi connectivity index (χ3n) is 3.14. The number of nitrogens with one attached hydrogen (secondary N) is 1. The SMILES string of the molecule is CCOC(=O)c1ccccc1NCc1ccc(C)c(F)c1. The lowest BCUT2D eigenvalue weighted by molar-refractivity contribution is 0.0527. The van der Waals surface area contributed by atoms with Crippen LogP contribution >= 0.6 is 0 Å². The summed E-state index contributed by atoms with van der Waals surface area (Å²) in [5, 5.41) is 3.15. The van der Waals surface area contributed by atoms with Crippen LogP contribution in [-0.4, -0.2) is 12.6 Å². The van der Waals surface area contributed by atoms with E-state index in [1.165, 1.54) is 6.07 Å². The predicted molar refractivity (Wildman–Crippen MR) is 80.9 cm³/mol. The van der Waals surface area contributed by atoms with Crippen molar-refractivity contribution in [1.82, 2.24) is 0 Å².